The van der Waals surface area contributed by atoms with E-state index in [0.717, 1.165) is 32.5 Å². The van der Waals surface area contributed by atoms with E-state index < -0.39 is 5.82 Å². The lowest BCUT2D eigenvalue weighted by atomic mass is 10.2. The number of carbonyl (C=O) groups excluding carboxylic acids is 2. The van der Waals surface area contributed by atoms with Crippen LogP contribution in [0.2, 0.25) is 0 Å². The minimum Gasteiger partial charge on any atom is -0.355 e. The molecule has 0 aliphatic carbocycles. The molecule has 1 aliphatic heterocycles. The summed E-state index contributed by atoms with van der Waals surface area (Å²) in [5.41, 5.74) is 0.178. The lowest BCUT2D eigenvalue weighted by Crippen LogP contribution is -2.54. The summed E-state index contributed by atoms with van der Waals surface area (Å²) in [5, 5.41) is 5.57. The van der Waals surface area contributed by atoms with Gasteiger partial charge in [-0.1, -0.05) is 29.3 Å². The first-order valence-corrected chi connectivity index (χ1v) is 10.2. The van der Waals surface area contributed by atoms with Crippen molar-refractivity contribution < 1.29 is 14.0 Å². The highest BCUT2D eigenvalue weighted by atomic mass is 79.9. The SMILES string of the molecule is CCCCNC(=O)CN1CCN(C(C)C(=O)Nc2ccc(Br)cc2F)CC1. The van der Waals surface area contributed by atoms with Crippen LogP contribution in [0.5, 0.6) is 0 Å². The second kappa shape index (κ2) is 10.7. The average Bonchev–Trinajstić information content (AvgIpc) is 2.64. The molecule has 1 unspecified atom stereocenters. The molecule has 0 spiro atoms. The number of carbonyl (C=O) groups is 2. The van der Waals surface area contributed by atoms with Gasteiger partial charge in [-0.05, 0) is 31.5 Å². The molecule has 0 radical (unpaired) electrons. The van der Waals surface area contributed by atoms with Crippen molar-refractivity contribution in [2.24, 2.45) is 0 Å². The Hall–Kier alpha value is -1.51. The fourth-order valence-corrected chi connectivity index (χ4v) is 3.30. The Morgan fingerprint density at radius 1 is 1.26 bits per heavy atom. The van der Waals surface area contributed by atoms with E-state index in [1.165, 1.54) is 6.07 Å². The molecule has 0 bridgehead atoms. The van der Waals surface area contributed by atoms with Gasteiger partial charge in [0, 0.05) is 37.2 Å². The van der Waals surface area contributed by atoms with Gasteiger partial charge in [0.25, 0.3) is 0 Å². The van der Waals surface area contributed by atoms with Crippen molar-refractivity contribution in [1.29, 1.82) is 0 Å². The van der Waals surface area contributed by atoms with Crippen molar-refractivity contribution in [3.63, 3.8) is 0 Å². The molecule has 8 heteroatoms. The summed E-state index contributed by atoms with van der Waals surface area (Å²) in [5.74, 6) is -0.654. The Morgan fingerprint density at radius 2 is 1.96 bits per heavy atom. The standard InChI is InChI=1S/C19H28BrFN4O2/c1-3-4-7-22-18(26)13-24-8-10-25(11-9-24)14(2)19(27)23-17-6-5-15(20)12-16(17)21/h5-6,12,14H,3-4,7-11,13H2,1-2H3,(H,22,26)(H,23,27). The number of anilines is 1. The maximum absolute atomic E-state index is 13.9. The molecule has 1 aromatic rings. The van der Waals surface area contributed by atoms with Gasteiger partial charge in [0.15, 0.2) is 0 Å². The van der Waals surface area contributed by atoms with E-state index in [-0.39, 0.29) is 23.5 Å². The van der Waals surface area contributed by atoms with Gasteiger partial charge < -0.3 is 10.6 Å². The maximum Gasteiger partial charge on any atom is 0.241 e. The molecule has 1 aliphatic rings. The van der Waals surface area contributed by atoms with E-state index >= 15 is 0 Å². The van der Waals surface area contributed by atoms with E-state index in [1.54, 1.807) is 12.1 Å². The van der Waals surface area contributed by atoms with Gasteiger partial charge in [0.05, 0.1) is 18.3 Å². The van der Waals surface area contributed by atoms with Crippen molar-refractivity contribution in [3.05, 3.63) is 28.5 Å². The van der Waals surface area contributed by atoms with Crippen LogP contribution >= 0.6 is 15.9 Å². The lowest BCUT2D eigenvalue weighted by Gasteiger charge is -2.37. The number of benzene rings is 1. The minimum atomic E-state index is -0.469. The van der Waals surface area contributed by atoms with Crippen LogP contribution in [0, 0.1) is 5.82 Å². The molecule has 150 valence electrons. The predicted octanol–water partition coefficient (Wildman–Crippen LogP) is 2.45. The van der Waals surface area contributed by atoms with Gasteiger partial charge in [0.1, 0.15) is 5.82 Å². The minimum absolute atomic E-state index is 0.0494. The average molecular weight is 443 g/mol. The number of rotatable bonds is 8. The lowest BCUT2D eigenvalue weighted by molar-refractivity contribution is -0.124. The van der Waals surface area contributed by atoms with E-state index in [0.29, 0.717) is 24.1 Å². The third-order valence-corrected chi connectivity index (χ3v) is 5.24. The smallest absolute Gasteiger partial charge is 0.241 e. The number of halogens is 2. The summed E-state index contributed by atoms with van der Waals surface area (Å²) in [6.07, 6.45) is 2.05. The van der Waals surface area contributed by atoms with Crippen LogP contribution in [-0.4, -0.2) is 66.9 Å². The van der Waals surface area contributed by atoms with Crippen LogP contribution in [0.3, 0.4) is 0 Å². The van der Waals surface area contributed by atoms with Gasteiger partial charge in [-0.25, -0.2) is 4.39 Å². The summed E-state index contributed by atoms with van der Waals surface area (Å²) in [7, 11) is 0. The third-order valence-electron chi connectivity index (χ3n) is 4.74. The van der Waals surface area contributed by atoms with E-state index in [9.17, 15) is 14.0 Å². The fourth-order valence-electron chi connectivity index (χ4n) is 2.97. The number of piperazine rings is 1. The molecule has 27 heavy (non-hydrogen) atoms. The highest BCUT2D eigenvalue weighted by Gasteiger charge is 2.26. The van der Waals surface area contributed by atoms with E-state index in [2.05, 4.69) is 43.3 Å². The molecule has 6 nitrogen and oxygen atoms in total. The molecule has 1 atom stereocenters. The normalized spacial score (nSPS) is 16.7. The number of hydrogen-bond donors (Lipinski definition) is 2. The van der Waals surface area contributed by atoms with Crippen LogP contribution in [0.15, 0.2) is 22.7 Å². The summed E-state index contributed by atoms with van der Waals surface area (Å²) in [6.45, 7) is 7.87. The largest absolute Gasteiger partial charge is 0.355 e. The van der Waals surface area contributed by atoms with Gasteiger partial charge in [-0.15, -0.1) is 0 Å². The predicted molar refractivity (Wildman–Crippen MR) is 108 cm³/mol. The van der Waals surface area contributed by atoms with Crippen molar-refractivity contribution >= 4 is 33.4 Å². The molecule has 1 fully saturated rings. The zero-order valence-corrected chi connectivity index (χ0v) is 17.5. The van der Waals surface area contributed by atoms with Crippen molar-refractivity contribution in [3.8, 4) is 0 Å². The van der Waals surface area contributed by atoms with Crippen LogP contribution < -0.4 is 10.6 Å². The zero-order chi connectivity index (χ0) is 19.8. The van der Waals surface area contributed by atoms with Crippen LogP contribution in [0.4, 0.5) is 10.1 Å². The maximum atomic E-state index is 13.9. The van der Waals surface area contributed by atoms with Crippen LogP contribution in [0.1, 0.15) is 26.7 Å². The van der Waals surface area contributed by atoms with Crippen LogP contribution in [-0.2, 0) is 9.59 Å². The molecule has 2 N–H and O–H groups in total. The Morgan fingerprint density at radius 3 is 2.59 bits per heavy atom. The zero-order valence-electron chi connectivity index (χ0n) is 15.9. The monoisotopic (exact) mass is 442 g/mol. The van der Waals surface area contributed by atoms with Crippen molar-refractivity contribution in [2.45, 2.75) is 32.7 Å². The summed E-state index contributed by atoms with van der Waals surface area (Å²) in [4.78, 5) is 28.5. The Kier molecular flexibility index (Phi) is 8.66. The molecular formula is C19H28BrFN4O2. The number of amides is 2. The van der Waals surface area contributed by atoms with Gasteiger partial charge >= 0.3 is 0 Å². The molecule has 2 rings (SSSR count). The van der Waals surface area contributed by atoms with Gasteiger partial charge in [-0.2, -0.15) is 0 Å². The Balaban J connectivity index is 1.77. The number of unbranched alkanes of at least 4 members (excludes halogenated alkanes) is 1. The number of nitrogens with one attached hydrogen (secondary N) is 2. The highest BCUT2D eigenvalue weighted by molar-refractivity contribution is 9.10. The van der Waals surface area contributed by atoms with E-state index in [4.69, 9.17) is 0 Å². The molecule has 1 saturated heterocycles. The Labute approximate surface area is 168 Å². The fraction of sp³-hybridized carbons (Fsp3) is 0.579. The first kappa shape index (κ1) is 21.8. The van der Waals surface area contributed by atoms with Gasteiger partial charge in [-0.3, -0.25) is 19.4 Å². The summed E-state index contributed by atoms with van der Waals surface area (Å²) >= 11 is 3.20. The Bertz CT molecular complexity index is 651. The molecule has 2 amide bonds. The first-order valence-electron chi connectivity index (χ1n) is 9.39. The van der Waals surface area contributed by atoms with Gasteiger partial charge in [0.2, 0.25) is 11.8 Å². The summed E-state index contributed by atoms with van der Waals surface area (Å²) in [6, 6.07) is 4.19. The molecule has 0 aromatic heterocycles. The third kappa shape index (κ3) is 6.86. The van der Waals surface area contributed by atoms with Crippen molar-refractivity contribution in [1.82, 2.24) is 15.1 Å². The van der Waals surface area contributed by atoms with E-state index in [1.807, 2.05) is 6.92 Å². The first-order chi connectivity index (χ1) is 12.9. The number of hydrogen-bond acceptors (Lipinski definition) is 4. The molecular weight excluding hydrogens is 415 g/mol. The number of nitrogens with zero attached hydrogens (tertiary/aromatic N) is 2. The highest BCUT2D eigenvalue weighted by Crippen LogP contribution is 2.20. The quantitative estimate of drug-likeness (QED) is 0.606. The second-order valence-corrected chi connectivity index (χ2v) is 7.72. The molecule has 1 aromatic carbocycles. The van der Waals surface area contributed by atoms with Crippen LogP contribution in [0.25, 0.3) is 0 Å². The molecule has 0 saturated carbocycles. The second-order valence-electron chi connectivity index (χ2n) is 6.81. The topological polar surface area (TPSA) is 64.7 Å². The van der Waals surface area contributed by atoms with Crippen molar-refractivity contribution in [2.75, 3.05) is 44.6 Å². The summed E-state index contributed by atoms with van der Waals surface area (Å²) < 4.78 is 14.5. The molecule has 1 heterocycles.